The molecule has 1 saturated heterocycles. The number of hydrogen-bond acceptors (Lipinski definition) is 4. The number of likely N-dealkylation sites (tertiary alicyclic amines) is 1. The van der Waals surface area contributed by atoms with Crippen LogP contribution in [0.5, 0.6) is 0 Å². The first kappa shape index (κ1) is 26.0. The van der Waals surface area contributed by atoms with Crippen LogP contribution in [-0.4, -0.2) is 50.7 Å². The van der Waals surface area contributed by atoms with E-state index < -0.39 is 9.84 Å². The van der Waals surface area contributed by atoms with E-state index in [4.69, 9.17) is 11.6 Å². The third-order valence-electron chi connectivity index (χ3n) is 6.90. The van der Waals surface area contributed by atoms with Crippen LogP contribution in [0.25, 0.3) is 0 Å². The molecule has 2 aromatic rings. The van der Waals surface area contributed by atoms with Crippen molar-refractivity contribution in [3.63, 3.8) is 0 Å². The predicted molar refractivity (Wildman–Crippen MR) is 135 cm³/mol. The number of sulfone groups is 1. The summed E-state index contributed by atoms with van der Waals surface area (Å²) in [5.41, 5.74) is 1.85. The molecule has 1 saturated carbocycles. The zero-order valence-electron chi connectivity index (χ0n) is 18.9. The first-order valence-corrected chi connectivity index (χ1v) is 13.7. The molecule has 4 rings (SSSR count). The Balaban J connectivity index is 0.00000306. The summed E-state index contributed by atoms with van der Waals surface area (Å²) in [6.45, 7) is 2.14. The maximum absolute atomic E-state index is 12.8. The summed E-state index contributed by atoms with van der Waals surface area (Å²) in [5, 5.41) is 4.00. The predicted octanol–water partition coefficient (Wildman–Crippen LogP) is 4.77. The second-order valence-corrected chi connectivity index (χ2v) is 11.6. The average Bonchev–Trinajstić information content (AvgIpc) is 3.23. The highest BCUT2D eigenvalue weighted by Gasteiger charge is 2.35. The lowest BCUT2D eigenvalue weighted by molar-refractivity contribution is 0.0862. The first-order chi connectivity index (χ1) is 15.3. The van der Waals surface area contributed by atoms with Crippen LogP contribution in [0.15, 0.2) is 53.4 Å². The number of benzene rings is 2. The molecule has 180 valence electrons. The van der Waals surface area contributed by atoms with Gasteiger partial charge in [-0.05, 0) is 99.5 Å². The molecule has 33 heavy (non-hydrogen) atoms. The number of nitrogens with one attached hydrogen (secondary N) is 1. The summed E-state index contributed by atoms with van der Waals surface area (Å²) in [6, 6.07) is 14.9. The number of halogens is 2. The summed E-state index contributed by atoms with van der Waals surface area (Å²) in [6.07, 6.45) is 7.83. The summed E-state index contributed by atoms with van der Waals surface area (Å²) >= 11 is 6.00. The van der Waals surface area contributed by atoms with Crippen LogP contribution in [-0.2, 0) is 16.3 Å². The molecule has 1 N–H and O–H groups in total. The topological polar surface area (TPSA) is 66.5 Å². The Bertz CT molecular complexity index is 1030. The van der Waals surface area contributed by atoms with Gasteiger partial charge in [0.2, 0.25) is 0 Å². The van der Waals surface area contributed by atoms with Crippen LogP contribution in [0.2, 0.25) is 5.02 Å². The number of hydrogen-bond donors (Lipinski definition) is 1. The van der Waals surface area contributed by atoms with Gasteiger partial charge >= 0.3 is 0 Å². The van der Waals surface area contributed by atoms with E-state index in [2.05, 4.69) is 22.3 Å². The third kappa shape index (κ3) is 6.72. The lowest BCUT2D eigenvalue weighted by atomic mass is 9.89. The Labute approximate surface area is 208 Å². The highest BCUT2D eigenvalue weighted by atomic mass is 35.5. The van der Waals surface area contributed by atoms with Gasteiger partial charge in [0.15, 0.2) is 9.84 Å². The fourth-order valence-electron chi connectivity index (χ4n) is 5.09. The van der Waals surface area contributed by atoms with E-state index in [1.165, 1.54) is 36.8 Å². The molecule has 1 aliphatic heterocycles. The fraction of sp³-hybridized carbons (Fsp3) is 0.480. The molecule has 2 fully saturated rings. The lowest BCUT2D eigenvalue weighted by Gasteiger charge is -2.38. The van der Waals surface area contributed by atoms with Crippen LogP contribution in [0.3, 0.4) is 0 Å². The molecule has 1 heterocycles. The molecule has 1 amide bonds. The number of carbonyl (C=O) groups excluding carboxylic acids is 1. The molecule has 2 atom stereocenters. The van der Waals surface area contributed by atoms with Gasteiger partial charge < -0.3 is 5.32 Å². The van der Waals surface area contributed by atoms with Crippen molar-refractivity contribution in [3.05, 3.63) is 64.7 Å². The van der Waals surface area contributed by atoms with E-state index in [-0.39, 0.29) is 29.3 Å². The van der Waals surface area contributed by atoms with Crippen LogP contribution >= 0.6 is 24.0 Å². The van der Waals surface area contributed by atoms with E-state index in [9.17, 15) is 13.2 Å². The van der Waals surface area contributed by atoms with E-state index in [1.54, 1.807) is 12.1 Å². The van der Waals surface area contributed by atoms with Crippen LogP contribution in [0.4, 0.5) is 0 Å². The van der Waals surface area contributed by atoms with Gasteiger partial charge in [-0.2, -0.15) is 0 Å². The van der Waals surface area contributed by atoms with Crippen molar-refractivity contribution in [1.82, 2.24) is 10.2 Å². The standard InChI is InChI=1S/C25H31ClN2O3S.ClH/c1-32(30,31)22-11-7-20(8-12-22)25(29)27-23-3-2-4-24(23)28-15-13-19(14-16-28)17-18-5-9-21(26)10-6-18;/h5-12,19,23-24H,2-4,13-17H2,1H3,(H,27,29);1H. The van der Waals surface area contributed by atoms with E-state index in [0.717, 1.165) is 43.8 Å². The summed E-state index contributed by atoms with van der Waals surface area (Å²) in [4.78, 5) is 15.6. The number of nitrogens with zero attached hydrogens (tertiary/aromatic N) is 1. The Morgan fingerprint density at radius 2 is 1.64 bits per heavy atom. The van der Waals surface area contributed by atoms with Crippen molar-refractivity contribution >= 4 is 39.8 Å². The van der Waals surface area contributed by atoms with Gasteiger partial charge in [-0.25, -0.2) is 8.42 Å². The van der Waals surface area contributed by atoms with Crippen molar-refractivity contribution in [3.8, 4) is 0 Å². The highest BCUT2D eigenvalue weighted by molar-refractivity contribution is 7.90. The maximum Gasteiger partial charge on any atom is 0.251 e. The van der Waals surface area contributed by atoms with Crippen molar-refractivity contribution in [2.24, 2.45) is 5.92 Å². The normalized spacial score (nSPS) is 22.0. The van der Waals surface area contributed by atoms with Crippen LogP contribution in [0.1, 0.15) is 48.0 Å². The zero-order chi connectivity index (χ0) is 22.7. The second-order valence-electron chi connectivity index (χ2n) is 9.18. The molecule has 0 spiro atoms. The number of rotatable bonds is 6. The number of carbonyl (C=O) groups is 1. The van der Waals surface area contributed by atoms with Crippen LogP contribution < -0.4 is 5.32 Å². The lowest BCUT2D eigenvalue weighted by Crippen LogP contribution is -2.51. The molecule has 2 aliphatic rings. The molecular weight excluding hydrogens is 479 g/mol. The molecule has 1 aliphatic carbocycles. The number of amides is 1. The minimum atomic E-state index is -3.26. The van der Waals surface area contributed by atoms with Gasteiger partial charge in [0.25, 0.3) is 5.91 Å². The SMILES string of the molecule is CS(=O)(=O)c1ccc(C(=O)NC2CCCC2N2CCC(Cc3ccc(Cl)cc3)CC2)cc1.Cl. The molecule has 2 unspecified atom stereocenters. The molecule has 0 radical (unpaired) electrons. The van der Waals surface area contributed by atoms with E-state index >= 15 is 0 Å². The minimum absolute atomic E-state index is 0. The third-order valence-corrected chi connectivity index (χ3v) is 8.28. The molecular formula is C25H32Cl2N2O3S. The zero-order valence-corrected chi connectivity index (χ0v) is 21.3. The Kier molecular flexibility index (Phi) is 8.84. The molecule has 5 nitrogen and oxygen atoms in total. The number of piperidine rings is 1. The Morgan fingerprint density at radius 3 is 2.24 bits per heavy atom. The van der Waals surface area contributed by atoms with E-state index in [1.807, 2.05) is 12.1 Å². The van der Waals surface area contributed by atoms with Gasteiger partial charge in [0.1, 0.15) is 0 Å². The summed E-state index contributed by atoms with van der Waals surface area (Å²) in [7, 11) is -3.26. The van der Waals surface area contributed by atoms with Crippen molar-refractivity contribution in [1.29, 1.82) is 0 Å². The average molecular weight is 512 g/mol. The van der Waals surface area contributed by atoms with Crippen molar-refractivity contribution in [2.75, 3.05) is 19.3 Å². The van der Waals surface area contributed by atoms with Crippen molar-refractivity contribution < 1.29 is 13.2 Å². The van der Waals surface area contributed by atoms with Gasteiger partial charge in [-0.1, -0.05) is 23.7 Å². The molecule has 8 heteroatoms. The smallest absolute Gasteiger partial charge is 0.251 e. The Morgan fingerprint density at radius 1 is 1.00 bits per heavy atom. The van der Waals surface area contributed by atoms with E-state index in [0.29, 0.717) is 17.5 Å². The molecule has 2 aromatic carbocycles. The Hall–Kier alpha value is -1.60. The largest absolute Gasteiger partial charge is 0.348 e. The molecule has 0 aromatic heterocycles. The first-order valence-electron chi connectivity index (χ1n) is 11.4. The fourth-order valence-corrected chi connectivity index (χ4v) is 5.85. The van der Waals surface area contributed by atoms with Crippen molar-refractivity contribution in [2.45, 2.75) is 55.5 Å². The second kappa shape index (κ2) is 11.2. The highest BCUT2D eigenvalue weighted by Crippen LogP contribution is 2.30. The monoisotopic (exact) mass is 510 g/mol. The van der Waals surface area contributed by atoms with Gasteiger partial charge in [0.05, 0.1) is 4.90 Å². The maximum atomic E-state index is 12.8. The summed E-state index contributed by atoms with van der Waals surface area (Å²) < 4.78 is 23.3. The van der Waals surface area contributed by atoms with Gasteiger partial charge in [0, 0.05) is 28.9 Å². The van der Waals surface area contributed by atoms with Gasteiger partial charge in [-0.15, -0.1) is 12.4 Å². The minimum Gasteiger partial charge on any atom is -0.348 e. The van der Waals surface area contributed by atoms with Crippen LogP contribution in [0, 0.1) is 5.92 Å². The van der Waals surface area contributed by atoms with Gasteiger partial charge in [-0.3, -0.25) is 9.69 Å². The molecule has 0 bridgehead atoms. The quantitative estimate of drug-likeness (QED) is 0.607. The summed E-state index contributed by atoms with van der Waals surface area (Å²) in [5.74, 6) is 0.565.